The fraction of sp³-hybridized carbons (Fsp3) is 0.125. The highest BCUT2D eigenvalue weighted by molar-refractivity contribution is 5.84. The molecule has 0 aliphatic carbocycles. The van der Waals surface area contributed by atoms with Crippen LogP contribution in [0.5, 0.6) is 5.75 Å². The number of aromatic nitrogens is 2. The Morgan fingerprint density at radius 1 is 1.21 bits per heavy atom. The Kier molecular flexibility index (Phi) is 3.67. The summed E-state index contributed by atoms with van der Waals surface area (Å²) in [6.07, 6.45) is -3.41. The Labute approximate surface area is 134 Å². The van der Waals surface area contributed by atoms with E-state index in [1.54, 1.807) is 24.3 Å². The number of halogens is 3. The van der Waals surface area contributed by atoms with Crippen molar-refractivity contribution in [2.75, 3.05) is 12.8 Å². The molecular weight excluding hydrogens is 323 g/mol. The second kappa shape index (κ2) is 5.55. The maximum Gasteiger partial charge on any atom is 0.416 e. The monoisotopic (exact) mass is 335 g/mol. The largest absolute Gasteiger partial charge is 0.496 e. The van der Waals surface area contributed by atoms with Gasteiger partial charge in [-0.2, -0.15) is 18.2 Å². The molecule has 3 aromatic rings. The fourth-order valence-electron chi connectivity index (χ4n) is 2.50. The van der Waals surface area contributed by atoms with Gasteiger partial charge >= 0.3 is 6.18 Å². The highest BCUT2D eigenvalue weighted by Crippen LogP contribution is 2.34. The van der Waals surface area contributed by atoms with Crippen molar-refractivity contribution < 1.29 is 17.9 Å². The van der Waals surface area contributed by atoms with Gasteiger partial charge in [0.2, 0.25) is 5.95 Å². The summed E-state index contributed by atoms with van der Waals surface area (Å²) in [4.78, 5) is 16.0. The lowest BCUT2D eigenvalue weighted by Gasteiger charge is -2.14. The zero-order valence-corrected chi connectivity index (χ0v) is 12.5. The van der Waals surface area contributed by atoms with Crippen molar-refractivity contribution >= 4 is 11.5 Å². The number of rotatable bonds is 2. The van der Waals surface area contributed by atoms with E-state index >= 15 is 0 Å². The van der Waals surface area contributed by atoms with E-state index in [0.717, 1.165) is 18.3 Å². The molecule has 0 radical (unpaired) electrons. The van der Waals surface area contributed by atoms with Crippen LogP contribution in [0.25, 0.3) is 16.6 Å². The van der Waals surface area contributed by atoms with Crippen molar-refractivity contribution in [3.8, 4) is 16.9 Å². The number of pyridine rings is 1. The molecule has 0 unspecified atom stereocenters. The first-order chi connectivity index (χ1) is 11.3. The SMILES string of the molecule is COc1ccccc1-c1c(=O)nc(N)n2ccc(C(F)(F)F)cc12. The van der Waals surface area contributed by atoms with Gasteiger partial charge in [0.15, 0.2) is 0 Å². The normalized spacial score (nSPS) is 11.7. The summed E-state index contributed by atoms with van der Waals surface area (Å²) in [5.41, 5.74) is 4.40. The van der Waals surface area contributed by atoms with Crippen LogP contribution in [0.4, 0.5) is 19.1 Å². The van der Waals surface area contributed by atoms with Crippen LogP contribution in [0, 0.1) is 0 Å². The summed E-state index contributed by atoms with van der Waals surface area (Å²) in [5, 5.41) is 0. The molecule has 0 bridgehead atoms. The first-order valence-corrected chi connectivity index (χ1v) is 6.85. The van der Waals surface area contributed by atoms with Crippen LogP contribution in [0.15, 0.2) is 47.4 Å². The minimum absolute atomic E-state index is 0.00632. The summed E-state index contributed by atoms with van der Waals surface area (Å²) >= 11 is 0. The zero-order chi connectivity index (χ0) is 17.5. The average molecular weight is 335 g/mol. The lowest BCUT2D eigenvalue weighted by atomic mass is 10.0. The minimum Gasteiger partial charge on any atom is -0.496 e. The molecule has 0 saturated carbocycles. The summed E-state index contributed by atoms with van der Waals surface area (Å²) in [5.74, 6) is 0.155. The molecule has 2 N–H and O–H groups in total. The maximum absolute atomic E-state index is 13.0. The highest BCUT2D eigenvalue weighted by Gasteiger charge is 2.31. The molecule has 0 amide bonds. The Hall–Kier alpha value is -3.03. The summed E-state index contributed by atoms with van der Waals surface area (Å²) in [7, 11) is 1.41. The summed E-state index contributed by atoms with van der Waals surface area (Å²) in [6, 6.07) is 8.28. The highest BCUT2D eigenvalue weighted by atomic mass is 19.4. The number of hydrogen-bond acceptors (Lipinski definition) is 4. The van der Waals surface area contributed by atoms with Crippen LogP contribution in [-0.2, 0) is 6.18 Å². The Balaban J connectivity index is 2.44. The average Bonchev–Trinajstić information content (AvgIpc) is 2.54. The summed E-state index contributed by atoms with van der Waals surface area (Å²) < 4.78 is 45.5. The quantitative estimate of drug-likeness (QED) is 0.782. The number of hydrogen-bond donors (Lipinski definition) is 1. The molecule has 1 aromatic carbocycles. The molecule has 0 atom stereocenters. The van der Waals surface area contributed by atoms with E-state index in [4.69, 9.17) is 10.5 Å². The molecule has 124 valence electrons. The number of para-hydroxylation sites is 1. The number of benzene rings is 1. The number of ether oxygens (including phenoxy) is 1. The van der Waals surface area contributed by atoms with E-state index in [2.05, 4.69) is 4.98 Å². The van der Waals surface area contributed by atoms with Crippen molar-refractivity contribution in [1.82, 2.24) is 9.38 Å². The molecule has 0 aliphatic rings. The molecule has 24 heavy (non-hydrogen) atoms. The van der Waals surface area contributed by atoms with Crippen LogP contribution in [0.1, 0.15) is 5.56 Å². The second-order valence-corrected chi connectivity index (χ2v) is 5.02. The zero-order valence-electron chi connectivity index (χ0n) is 12.5. The number of fused-ring (bicyclic) bond motifs is 1. The van der Waals surface area contributed by atoms with Crippen LogP contribution in [0.3, 0.4) is 0 Å². The number of nitrogens with two attached hydrogens (primary N) is 1. The molecule has 2 aromatic heterocycles. The first-order valence-electron chi connectivity index (χ1n) is 6.85. The van der Waals surface area contributed by atoms with Gasteiger partial charge in [-0.3, -0.25) is 9.20 Å². The molecule has 0 spiro atoms. The third-order valence-corrected chi connectivity index (χ3v) is 3.59. The van der Waals surface area contributed by atoms with Gasteiger partial charge in [-0.25, -0.2) is 0 Å². The standard InChI is InChI=1S/C16H12F3N3O2/c1-24-12-5-3-2-4-10(12)13-11-8-9(16(17,18)19)6-7-22(11)15(20)21-14(13)23/h2-8H,1H3,(H2,20,21,23). The lowest BCUT2D eigenvalue weighted by molar-refractivity contribution is -0.137. The number of methoxy groups -OCH3 is 1. The predicted molar refractivity (Wildman–Crippen MR) is 82.9 cm³/mol. The second-order valence-electron chi connectivity index (χ2n) is 5.02. The Bertz CT molecular complexity index is 980. The molecular formula is C16H12F3N3O2. The molecule has 8 heteroatoms. The Morgan fingerprint density at radius 2 is 1.92 bits per heavy atom. The predicted octanol–water partition coefficient (Wildman–Crippen LogP) is 2.97. The van der Waals surface area contributed by atoms with E-state index in [1.807, 2.05) is 0 Å². The van der Waals surface area contributed by atoms with Gasteiger partial charge in [0.1, 0.15) is 5.75 Å². The number of nitrogens with zero attached hydrogens (tertiary/aromatic N) is 2. The Morgan fingerprint density at radius 3 is 2.58 bits per heavy atom. The molecule has 0 saturated heterocycles. The maximum atomic E-state index is 13.0. The van der Waals surface area contributed by atoms with Crippen LogP contribution in [0.2, 0.25) is 0 Å². The lowest BCUT2D eigenvalue weighted by Crippen LogP contribution is -2.18. The number of nitrogen functional groups attached to an aromatic ring is 1. The van der Waals surface area contributed by atoms with Gasteiger partial charge in [0, 0.05) is 11.8 Å². The number of alkyl halides is 3. The molecule has 5 nitrogen and oxygen atoms in total. The van der Waals surface area contributed by atoms with Crippen LogP contribution < -0.4 is 16.0 Å². The van der Waals surface area contributed by atoms with E-state index in [9.17, 15) is 18.0 Å². The van der Waals surface area contributed by atoms with Crippen LogP contribution >= 0.6 is 0 Å². The van der Waals surface area contributed by atoms with Gasteiger partial charge in [0.25, 0.3) is 5.56 Å². The van der Waals surface area contributed by atoms with Gasteiger partial charge in [-0.15, -0.1) is 0 Å². The minimum atomic E-state index is -4.55. The van der Waals surface area contributed by atoms with Gasteiger partial charge in [0.05, 0.1) is 23.8 Å². The molecule has 0 fully saturated rings. The fourth-order valence-corrected chi connectivity index (χ4v) is 2.50. The van der Waals surface area contributed by atoms with Crippen molar-refractivity contribution in [1.29, 1.82) is 0 Å². The third kappa shape index (κ3) is 2.55. The van der Waals surface area contributed by atoms with E-state index in [1.165, 1.54) is 11.5 Å². The topological polar surface area (TPSA) is 69.6 Å². The van der Waals surface area contributed by atoms with Crippen molar-refractivity contribution in [2.45, 2.75) is 6.18 Å². The van der Waals surface area contributed by atoms with E-state index in [0.29, 0.717) is 11.3 Å². The van der Waals surface area contributed by atoms with Crippen molar-refractivity contribution in [3.05, 3.63) is 58.5 Å². The van der Waals surface area contributed by atoms with Crippen LogP contribution in [-0.4, -0.2) is 16.5 Å². The molecule has 3 rings (SSSR count). The van der Waals surface area contributed by atoms with E-state index in [-0.39, 0.29) is 17.0 Å². The van der Waals surface area contributed by atoms with E-state index < -0.39 is 17.3 Å². The summed E-state index contributed by atoms with van der Waals surface area (Å²) in [6.45, 7) is 0. The van der Waals surface area contributed by atoms with Gasteiger partial charge in [-0.05, 0) is 18.2 Å². The smallest absolute Gasteiger partial charge is 0.416 e. The third-order valence-electron chi connectivity index (χ3n) is 3.59. The number of anilines is 1. The molecule has 0 aliphatic heterocycles. The first kappa shape index (κ1) is 15.9. The van der Waals surface area contributed by atoms with Crippen molar-refractivity contribution in [3.63, 3.8) is 0 Å². The van der Waals surface area contributed by atoms with Gasteiger partial charge in [-0.1, -0.05) is 18.2 Å². The van der Waals surface area contributed by atoms with Gasteiger partial charge < -0.3 is 10.5 Å². The van der Waals surface area contributed by atoms with Crippen molar-refractivity contribution in [2.24, 2.45) is 0 Å². The molecule has 2 heterocycles.